The van der Waals surface area contributed by atoms with E-state index in [0.29, 0.717) is 5.56 Å². The van der Waals surface area contributed by atoms with Gasteiger partial charge in [0.1, 0.15) is 5.75 Å². The van der Waals surface area contributed by atoms with Crippen molar-refractivity contribution in [1.82, 2.24) is 14.8 Å². The lowest BCUT2D eigenvalue weighted by Crippen LogP contribution is -1.93. The van der Waals surface area contributed by atoms with Crippen molar-refractivity contribution >= 4 is 23.6 Å². The number of rotatable bonds is 7. The molecule has 6 heteroatoms. The summed E-state index contributed by atoms with van der Waals surface area (Å²) in [6.45, 7) is 0. The molecule has 0 amide bonds. The molecule has 0 saturated carbocycles. The van der Waals surface area contributed by atoms with Gasteiger partial charge in [0.05, 0.1) is 23.9 Å². The molecule has 2 heterocycles. The molecule has 0 atom stereocenters. The van der Waals surface area contributed by atoms with Gasteiger partial charge in [0.15, 0.2) is 5.78 Å². The number of nitrogens with zero attached hydrogens (tertiary/aromatic N) is 3. The van der Waals surface area contributed by atoms with Gasteiger partial charge in [-0.3, -0.25) is 9.48 Å². The van der Waals surface area contributed by atoms with Crippen LogP contribution in [0.5, 0.6) is 5.75 Å². The van der Waals surface area contributed by atoms with Crippen LogP contribution in [-0.4, -0.2) is 27.7 Å². The highest BCUT2D eigenvalue weighted by atomic mass is 32.2. The number of thioether (sulfide) groups is 1. The third-order valence-corrected chi connectivity index (χ3v) is 4.73. The van der Waals surface area contributed by atoms with Crippen molar-refractivity contribution < 1.29 is 9.53 Å². The number of allylic oxidation sites excluding steroid dienone is 1. The van der Waals surface area contributed by atoms with E-state index >= 15 is 0 Å². The quantitative estimate of drug-likeness (QED) is 0.360. The number of pyridine rings is 1. The summed E-state index contributed by atoms with van der Waals surface area (Å²) in [6.07, 6.45) is 8.42. The first-order valence-corrected chi connectivity index (χ1v) is 9.06. The SMILES string of the molecule is COc1ccc(C=CC(=O)c2cnn(C)c2)cc1CSc1ccccn1. The summed E-state index contributed by atoms with van der Waals surface area (Å²) in [5.41, 5.74) is 2.57. The number of methoxy groups -OCH3 is 1. The van der Waals surface area contributed by atoms with Crippen molar-refractivity contribution in [2.24, 2.45) is 7.05 Å². The molecule has 0 N–H and O–H groups in total. The van der Waals surface area contributed by atoms with Crippen molar-refractivity contribution in [2.45, 2.75) is 10.8 Å². The maximum Gasteiger partial charge on any atom is 0.189 e. The van der Waals surface area contributed by atoms with Crippen LogP contribution >= 0.6 is 11.8 Å². The third kappa shape index (κ3) is 4.61. The topological polar surface area (TPSA) is 57.0 Å². The Morgan fingerprint density at radius 1 is 1.31 bits per heavy atom. The van der Waals surface area contributed by atoms with Gasteiger partial charge in [-0.25, -0.2) is 4.98 Å². The number of hydrogen-bond acceptors (Lipinski definition) is 5. The van der Waals surface area contributed by atoms with Gasteiger partial charge >= 0.3 is 0 Å². The number of aryl methyl sites for hydroxylation is 1. The highest BCUT2D eigenvalue weighted by Gasteiger charge is 2.07. The van der Waals surface area contributed by atoms with E-state index in [1.807, 2.05) is 42.5 Å². The summed E-state index contributed by atoms with van der Waals surface area (Å²) in [4.78, 5) is 16.5. The molecule has 0 radical (unpaired) electrons. The second-order valence-electron chi connectivity index (χ2n) is 5.63. The zero-order valence-corrected chi connectivity index (χ0v) is 15.4. The fraction of sp³-hybridized carbons (Fsp3) is 0.150. The Hall–Kier alpha value is -2.86. The molecule has 0 spiro atoms. The average Bonchev–Trinajstić information content (AvgIpc) is 3.12. The first kappa shape index (κ1) is 17.9. The van der Waals surface area contributed by atoms with Crippen LogP contribution in [0.2, 0.25) is 0 Å². The van der Waals surface area contributed by atoms with Crippen LogP contribution in [-0.2, 0) is 12.8 Å². The Balaban J connectivity index is 1.74. The van der Waals surface area contributed by atoms with E-state index in [2.05, 4.69) is 10.1 Å². The van der Waals surface area contributed by atoms with Gasteiger partial charge in [-0.05, 0) is 35.9 Å². The van der Waals surface area contributed by atoms with Crippen molar-refractivity contribution in [2.75, 3.05) is 7.11 Å². The zero-order valence-electron chi connectivity index (χ0n) is 14.6. The molecule has 0 unspecified atom stereocenters. The first-order valence-electron chi connectivity index (χ1n) is 8.07. The van der Waals surface area contributed by atoms with Crippen LogP contribution in [0.4, 0.5) is 0 Å². The number of ketones is 1. The van der Waals surface area contributed by atoms with E-state index in [1.165, 1.54) is 0 Å². The third-order valence-electron chi connectivity index (χ3n) is 3.73. The number of aromatic nitrogens is 3. The molecule has 0 aliphatic heterocycles. The van der Waals surface area contributed by atoms with Crippen molar-refractivity contribution in [1.29, 1.82) is 0 Å². The van der Waals surface area contributed by atoms with Gasteiger partial charge in [-0.1, -0.05) is 18.2 Å². The fourth-order valence-corrected chi connectivity index (χ4v) is 3.25. The highest BCUT2D eigenvalue weighted by Crippen LogP contribution is 2.28. The monoisotopic (exact) mass is 365 g/mol. The minimum Gasteiger partial charge on any atom is -0.496 e. The maximum absolute atomic E-state index is 12.2. The van der Waals surface area contributed by atoms with Crippen molar-refractivity contribution in [3.8, 4) is 5.75 Å². The van der Waals surface area contributed by atoms with Gasteiger partial charge < -0.3 is 4.74 Å². The van der Waals surface area contributed by atoms with E-state index < -0.39 is 0 Å². The summed E-state index contributed by atoms with van der Waals surface area (Å²) in [5, 5.41) is 4.98. The van der Waals surface area contributed by atoms with Gasteiger partial charge in [0.25, 0.3) is 0 Å². The van der Waals surface area contributed by atoms with Crippen LogP contribution in [0.1, 0.15) is 21.5 Å². The summed E-state index contributed by atoms with van der Waals surface area (Å²) in [5.74, 6) is 1.49. The Kier molecular flexibility index (Phi) is 5.86. The first-order chi connectivity index (χ1) is 12.7. The molecule has 5 nitrogen and oxygen atoms in total. The van der Waals surface area contributed by atoms with Crippen LogP contribution in [0.3, 0.4) is 0 Å². The summed E-state index contributed by atoms with van der Waals surface area (Å²) in [6, 6.07) is 11.7. The van der Waals surface area contributed by atoms with E-state index in [9.17, 15) is 4.79 Å². The lowest BCUT2D eigenvalue weighted by atomic mass is 10.1. The van der Waals surface area contributed by atoms with Crippen molar-refractivity contribution in [3.05, 3.63) is 77.8 Å². The van der Waals surface area contributed by atoms with Crippen LogP contribution < -0.4 is 4.74 Å². The standard InChI is InChI=1S/C20H19N3O2S/c1-23-13-17(12-22-23)18(24)8-6-15-7-9-19(25-2)16(11-15)14-26-20-5-3-4-10-21-20/h3-13H,14H2,1-2H3. The summed E-state index contributed by atoms with van der Waals surface area (Å²) in [7, 11) is 3.45. The molecule has 0 bridgehead atoms. The molecule has 3 aromatic rings. The minimum absolute atomic E-state index is 0.0710. The lowest BCUT2D eigenvalue weighted by molar-refractivity contribution is 0.104. The number of benzene rings is 1. The van der Waals surface area contributed by atoms with Gasteiger partial charge in [-0.15, -0.1) is 11.8 Å². The Morgan fingerprint density at radius 3 is 2.88 bits per heavy atom. The normalized spacial score (nSPS) is 11.0. The highest BCUT2D eigenvalue weighted by molar-refractivity contribution is 7.98. The lowest BCUT2D eigenvalue weighted by Gasteiger charge is -2.09. The predicted octanol–water partition coefficient (Wildman–Crippen LogP) is 4.01. The van der Waals surface area contributed by atoms with Crippen LogP contribution in [0.25, 0.3) is 6.08 Å². The number of hydrogen-bond donors (Lipinski definition) is 0. The minimum atomic E-state index is -0.0710. The smallest absolute Gasteiger partial charge is 0.189 e. The van der Waals surface area contributed by atoms with Gasteiger partial charge in [0, 0.05) is 30.8 Å². The van der Waals surface area contributed by atoms with E-state index in [1.54, 1.807) is 55.3 Å². The molecule has 1 aromatic carbocycles. The molecular formula is C20H19N3O2S. The zero-order chi connectivity index (χ0) is 18.4. The van der Waals surface area contributed by atoms with Crippen molar-refractivity contribution in [3.63, 3.8) is 0 Å². The summed E-state index contributed by atoms with van der Waals surface area (Å²) < 4.78 is 7.06. The van der Waals surface area contributed by atoms with E-state index in [-0.39, 0.29) is 5.78 Å². The molecule has 0 fully saturated rings. The summed E-state index contributed by atoms with van der Waals surface area (Å²) >= 11 is 1.64. The average molecular weight is 365 g/mol. The van der Waals surface area contributed by atoms with E-state index in [4.69, 9.17) is 4.74 Å². The molecule has 2 aromatic heterocycles. The Morgan fingerprint density at radius 2 is 2.19 bits per heavy atom. The molecule has 0 aliphatic carbocycles. The number of ether oxygens (including phenoxy) is 1. The van der Waals surface area contributed by atoms with Gasteiger partial charge in [0.2, 0.25) is 0 Å². The van der Waals surface area contributed by atoms with Gasteiger partial charge in [-0.2, -0.15) is 5.10 Å². The molecule has 0 aliphatic rings. The van der Waals surface area contributed by atoms with E-state index in [0.717, 1.165) is 27.7 Å². The number of carbonyl (C=O) groups excluding carboxylic acids is 1. The van der Waals surface area contributed by atoms with Crippen LogP contribution in [0.15, 0.2) is 66.1 Å². The predicted molar refractivity (Wildman–Crippen MR) is 103 cm³/mol. The number of carbonyl (C=O) groups is 1. The second kappa shape index (κ2) is 8.49. The second-order valence-corrected chi connectivity index (χ2v) is 6.62. The molecular weight excluding hydrogens is 346 g/mol. The van der Waals surface area contributed by atoms with Crippen LogP contribution in [0, 0.1) is 0 Å². The largest absolute Gasteiger partial charge is 0.496 e. The Bertz CT molecular complexity index is 920. The molecule has 3 rings (SSSR count). The molecule has 132 valence electrons. The maximum atomic E-state index is 12.2. The molecule has 0 saturated heterocycles. The Labute approximate surface area is 156 Å². The fourth-order valence-electron chi connectivity index (χ4n) is 2.42. The molecule has 26 heavy (non-hydrogen) atoms.